The van der Waals surface area contributed by atoms with E-state index in [1.807, 2.05) is 0 Å². The van der Waals surface area contributed by atoms with Gasteiger partial charge in [-0.2, -0.15) is 0 Å². The van der Waals surface area contributed by atoms with Gasteiger partial charge in [0, 0.05) is 16.7 Å². The molecule has 0 N–H and O–H groups in total. The summed E-state index contributed by atoms with van der Waals surface area (Å²) in [6, 6.07) is 3.33. The van der Waals surface area contributed by atoms with Crippen molar-refractivity contribution >= 4 is 27.2 Å². The standard InChI is InChI=1S/C12H8BrFN4O2/c13-7-3-9-11(15-5-7)20-12(18-9)8-4-10(17-6-16-8)19-2-1-14/h3-6H,1-2H2. The Balaban J connectivity index is 1.97. The van der Waals surface area contributed by atoms with E-state index >= 15 is 0 Å². The Hall–Kier alpha value is -2.09. The third-order valence-corrected chi connectivity index (χ3v) is 2.84. The van der Waals surface area contributed by atoms with Gasteiger partial charge in [0.05, 0.1) is 0 Å². The maximum atomic E-state index is 12.1. The van der Waals surface area contributed by atoms with Crippen LogP contribution >= 0.6 is 15.9 Å². The quantitative estimate of drug-likeness (QED) is 0.728. The van der Waals surface area contributed by atoms with Crippen molar-refractivity contribution in [2.45, 2.75) is 0 Å². The van der Waals surface area contributed by atoms with E-state index in [-0.39, 0.29) is 12.5 Å². The summed E-state index contributed by atoms with van der Waals surface area (Å²) in [6.45, 7) is -0.640. The number of alkyl halides is 1. The molecular formula is C12H8BrFN4O2. The number of rotatable bonds is 4. The number of nitrogens with zero attached hydrogens (tertiary/aromatic N) is 4. The Labute approximate surface area is 121 Å². The largest absolute Gasteiger partial charge is 0.475 e. The monoisotopic (exact) mass is 338 g/mol. The molecule has 0 aliphatic rings. The highest BCUT2D eigenvalue weighted by atomic mass is 79.9. The molecule has 0 aliphatic carbocycles. The molecule has 0 unspecified atom stereocenters. The van der Waals surface area contributed by atoms with Crippen molar-refractivity contribution in [2.24, 2.45) is 0 Å². The molecule has 0 aromatic carbocycles. The number of hydrogen-bond acceptors (Lipinski definition) is 6. The summed E-state index contributed by atoms with van der Waals surface area (Å²) in [5.74, 6) is 0.571. The highest BCUT2D eigenvalue weighted by Gasteiger charge is 2.12. The molecule has 0 atom stereocenters. The van der Waals surface area contributed by atoms with Crippen LogP contribution in [0.5, 0.6) is 5.88 Å². The molecule has 6 nitrogen and oxygen atoms in total. The van der Waals surface area contributed by atoms with Crippen LogP contribution in [0.3, 0.4) is 0 Å². The highest BCUT2D eigenvalue weighted by Crippen LogP contribution is 2.24. The van der Waals surface area contributed by atoms with Gasteiger partial charge in [0.25, 0.3) is 0 Å². The van der Waals surface area contributed by atoms with Crippen LogP contribution in [-0.2, 0) is 0 Å². The van der Waals surface area contributed by atoms with E-state index < -0.39 is 6.67 Å². The Bertz CT molecular complexity index is 749. The van der Waals surface area contributed by atoms with Gasteiger partial charge in [-0.1, -0.05) is 0 Å². The lowest BCUT2D eigenvalue weighted by Gasteiger charge is -2.01. The van der Waals surface area contributed by atoms with Crippen LogP contribution in [0.4, 0.5) is 4.39 Å². The summed E-state index contributed by atoms with van der Waals surface area (Å²) in [5, 5.41) is 0. The van der Waals surface area contributed by atoms with Crippen LogP contribution in [0.2, 0.25) is 0 Å². The highest BCUT2D eigenvalue weighted by molar-refractivity contribution is 9.10. The van der Waals surface area contributed by atoms with E-state index in [0.29, 0.717) is 22.8 Å². The molecule has 3 heterocycles. The van der Waals surface area contributed by atoms with Crippen LogP contribution in [0.25, 0.3) is 22.8 Å². The number of ether oxygens (including phenoxy) is 1. The van der Waals surface area contributed by atoms with Crippen molar-refractivity contribution in [1.82, 2.24) is 19.9 Å². The molecule has 0 bridgehead atoms. The van der Waals surface area contributed by atoms with Gasteiger partial charge in [-0.05, 0) is 22.0 Å². The number of oxazole rings is 1. The Kier molecular flexibility index (Phi) is 3.55. The number of aromatic nitrogens is 4. The fourth-order valence-corrected chi connectivity index (χ4v) is 1.91. The van der Waals surface area contributed by atoms with Crippen molar-refractivity contribution in [2.75, 3.05) is 13.3 Å². The van der Waals surface area contributed by atoms with Gasteiger partial charge >= 0.3 is 0 Å². The van der Waals surface area contributed by atoms with E-state index in [0.717, 1.165) is 4.47 Å². The Morgan fingerprint density at radius 1 is 1.25 bits per heavy atom. The predicted octanol–water partition coefficient (Wildman–Crippen LogP) is 2.79. The zero-order chi connectivity index (χ0) is 13.9. The molecule has 102 valence electrons. The molecule has 3 rings (SSSR count). The summed E-state index contributed by atoms with van der Waals surface area (Å²) >= 11 is 3.31. The smallest absolute Gasteiger partial charge is 0.248 e. The van der Waals surface area contributed by atoms with Gasteiger partial charge in [0.1, 0.15) is 30.8 Å². The summed E-state index contributed by atoms with van der Waals surface area (Å²) in [4.78, 5) is 16.3. The van der Waals surface area contributed by atoms with Crippen LogP contribution in [-0.4, -0.2) is 33.2 Å². The van der Waals surface area contributed by atoms with Gasteiger partial charge < -0.3 is 9.15 Å². The van der Waals surface area contributed by atoms with Gasteiger partial charge in [0.2, 0.25) is 17.5 Å². The lowest BCUT2D eigenvalue weighted by atomic mass is 10.4. The Morgan fingerprint density at radius 2 is 2.15 bits per heavy atom. The average Bonchev–Trinajstić information content (AvgIpc) is 2.88. The molecular weight excluding hydrogens is 331 g/mol. The first kappa shape index (κ1) is 12.9. The van der Waals surface area contributed by atoms with Gasteiger partial charge in [-0.15, -0.1) is 0 Å². The van der Waals surface area contributed by atoms with Crippen LogP contribution in [0.1, 0.15) is 0 Å². The molecule has 3 aromatic heterocycles. The molecule has 0 aliphatic heterocycles. The van der Waals surface area contributed by atoms with Crippen LogP contribution < -0.4 is 4.74 Å². The Morgan fingerprint density at radius 3 is 3.00 bits per heavy atom. The van der Waals surface area contributed by atoms with Gasteiger partial charge in [-0.25, -0.2) is 24.3 Å². The van der Waals surface area contributed by atoms with E-state index in [1.54, 1.807) is 12.3 Å². The van der Waals surface area contributed by atoms with Crippen molar-refractivity contribution < 1.29 is 13.5 Å². The zero-order valence-electron chi connectivity index (χ0n) is 10.1. The summed E-state index contributed by atoms with van der Waals surface area (Å²) in [6.07, 6.45) is 2.92. The number of pyridine rings is 1. The predicted molar refractivity (Wildman–Crippen MR) is 72.0 cm³/mol. The lowest BCUT2D eigenvalue weighted by Crippen LogP contribution is -2.01. The molecule has 8 heteroatoms. The number of fused-ring (bicyclic) bond motifs is 1. The molecule has 0 amide bonds. The van der Waals surface area contributed by atoms with Crippen LogP contribution in [0.15, 0.2) is 33.5 Å². The molecule has 3 aromatic rings. The minimum atomic E-state index is -0.583. The van der Waals surface area contributed by atoms with Crippen LogP contribution in [0, 0.1) is 0 Å². The normalized spacial score (nSPS) is 10.9. The van der Waals surface area contributed by atoms with Crippen molar-refractivity contribution in [3.63, 3.8) is 0 Å². The summed E-state index contributed by atoms with van der Waals surface area (Å²) in [7, 11) is 0. The maximum Gasteiger partial charge on any atom is 0.248 e. The van der Waals surface area contributed by atoms with Gasteiger partial charge in [0.15, 0.2) is 0 Å². The SMILES string of the molecule is FCCOc1cc(-c2nc3cc(Br)cnc3o2)ncn1. The zero-order valence-corrected chi connectivity index (χ0v) is 11.7. The third-order valence-electron chi connectivity index (χ3n) is 2.40. The average molecular weight is 339 g/mol. The first-order chi connectivity index (χ1) is 9.76. The maximum absolute atomic E-state index is 12.1. The minimum absolute atomic E-state index is 0.0570. The third kappa shape index (κ3) is 2.60. The van der Waals surface area contributed by atoms with E-state index in [1.165, 1.54) is 12.4 Å². The molecule has 20 heavy (non-hydrogen) atoms. The first-order valence-corrected chi connectivity index (χ1v) is 6.49. The van der Waals surface area contributed by atoms with Crippen molar-refractivity contribution in [3.05, 3.63) is 29.1 Å². The fraction of sp³-hybridized carbons (Fsp3) is 0.167. The molecule has 0 fully saturated rings. The first-order valence-electron chi connectivity index (χ1n) is 5.69. The van der Waals surface area contributed by atoms with Crippen molar-refractivity contribution in [1.29, 1.82) is 0 Å². The van der Waals surface area contributed by atoms with Gasteiger partial charge in [-0.3, -0.25) is 0 Å². The number of halogens is 2. The molecule has 0 saturated heterocycles. The van der Waals surface area contributed by atoms with E-state index in [2.05, 4.69) is 35.9 Å². The number of hydrogen-bond donors (Lipinski definition) is 0. The second kappa shape index (κ2) is 5.49. The van der Waals surface area contributed by atoms with E-state index in [4.69, 9.17) is 9.15 Å². The summed E-state index contributed by atoms with van der Waals surface area (Å²) < 4.78 is 23.5. The minimum Gasteiger partial charge on any atom is -0.475 e. The second-order valence-electron chi connectivity index (χ2n) is 3.78. The summed E-state index contributed by atoms with van der Waals surface area (Å²) in [5.41, 5.74) is 1.47. The van der Waals surface area contributed by atoms with Crippen molar-refractivity contribution in [3.8, 4) is 17.5 Å². The molecule has 0 saturated carbocycles. The topological polar surface area (TPSA) is 73.9 Å². The van der Waals surface area contributed by atoms with E-state index in [9.17, 15) is 4.39 Å². The second-order valence-corrected chi connectivity index (χ2v) is 4.69. The molecule has 0 spiro atoms. The lowest BCUT2D eigenvalue weighted by molar-refractivity contribution is 0.264. The fourth-order valence-electron chi connectivity index (χ4n) is 1.59. The molecule has 0 radical (unpaired) electrons.